The Kier molecular flexibility index (Phi) is 8.88. The van der Waals surface area contributed by atoms with Crippen molar-refractivity contribution in [2.24, 2.45) is 0 Å². The van der Waals surface area contributed by atoms with Crippen LogP contribution in [0.1, 0.15) is 46.1 Å². The van der Waals surface area contributed by atoms with Gasteiger partial charge in [0.1, 0.15) is 12.2 Å². The van der Waals surface area contributed by atoms with Crippen LogP contribution in [-0.2, 0) is 15.9 Å². The molecule has 2 amide bonds. The summed E-state index contributed by atoms with van der Waals surface area (Å²) in [5.41, 5.74) is 0.649. The van der Waals surface area contributed by atoms with Crippen LogP contribution in [0.3, 0.4) is 0 Å². The normalized spacial score (nSPS) is 22.4. The number of hydrogen-bond acceptors (Lipinski definition) is 5. The highest BCUT2D eigenvalue weighted by molar-refractivity contribution is 6.30. The SMILES string of the molecule is C=CCOC(=O)N1CCC(N2CC(C)N(C(=O)OC(C)(C)C)CC2Cc2ccc(Cl)cc2)CC1. The molecule has 2 fully saturated rings. The summed E-state index contributed by atoms with van der Waals surface area (Å²) >= 11 is 6.09. The fourth-order valence-electron chi connectivity index (χ4n) is 4.76. The number of carbonyl (C=O) groups excluding carboxylic acids is 2. The summed E-state index contributed by atoms with van der Waals surface area (Å²) in [6.07, 6.45) is 3.60. The molecule has 0 spiro atoms. The molecule has 7 nitrogen and oxygen atoms in total. The molecule has 8 heteroatoms. The van der Waals surface area contributed by atoms with E-state index in [1.807, 2.05) is 37.8 Å². The standard InChI is InChI=1S/C26H38ClN3O4/c1-6-15-33-24(31)28-13-11-22(12-14-28)30-17-19(2)29(25(32)34-26(3,4)5)18-23(30)16-20-7-9-21(27)10-8-20/h6-10,19,22-23H,1,11-18H2,2-5H3. The Morgan fingerprint density at radius 1 is 1.12 bits per heavy atom. The lowest BCUT2D eigenvalue weighted by Gasteiger charge is -2.50. The Morgan fingerprint density at radius 3 is 2.35 bits per heavy atom. The molecule has 2 atom stereocenters. The maximum absolute atomic E-state index is 13.0. The van der Waals surface area contributed by atoms with Crippen molar-refractivity contribution in [1.29, 1.82) is 0 Å². The van der Waals surface area contributed by atoms with Gasteiger partial charge in [0.25, 0.3) is 0 Å². The molecule has 0 aromatic heterocycles. The van der Waals surface area contributed by atoms with E-state index >= 15 is 0 Å². The lowest BCUT2D eigenvalue weighted by molar-refractivity contribution is -0.0311. The van der Waals surface area contributed by atoms with Gasteiger partial charge >= 0.3 is 12.2 Å². The van der Waals surface area contributed by atoms with Gasteiger partial charge in [-0.2, -0.15) is 0 Å². The van der Waals surface area contributed by atoms with E-state index in [1.54, 1.807) is 11.0 Å². The van der Waals surface area contributed by atoms with Crippen LogP contribution in [0, 0.1) is 0 Å². The number of carbonyl (C=O) groups is 2. The van der Waals surface area contributed by atoms with Gasteiger partial charge in [-0.05, 0) is 64.7 Å². The number of amides is 2. The predicted octanol–water partition coefficient (Wildman–Crippen LogP) is 4.98. The Labute approximate surface area is 208 Å². The third-order valence-electron chi connectivity index (χ3n) is 6.41. The van der Waals surface area contributed by atoms with Crippen LogP contribution >= 0.6 is 11.6 Å². The van der Waals surface area contributed by atoms with Crippen molar-refractivity contribution < 1.29 is 19.1 Å². The minimum absolute atomic E-state index is 0.0342. The first-order valence-electron chi connectivity index (χ1n) is 12.1. The Balaban J connectivity index is 1.72. The number of ether oxygens (including phenoxy) is 2. The zero-order valence-corrected chi connectivity index (χ0v) is 21.6. The van der Waals surface area contributed by atoms with Crippen LogP contribution in [0.5, 0.6) is 0 Å². The molecule has 0 N–H and O–H groups in total. The van der Waals surface area contributed by atoms with E-state index in [-0.39, 0.29) is 30.9 Å². The highest BCUT2D eigenvalue weighted by Gasteiger charge is 2.40. The highest BCUT2D eigenvalue weighted by Crippen LogP contribution is 2.28. The molecular weight excluding hydrogens is 454 g/mol. The molecule has 0 aliphatic carbocycles. The van der Waals surface area contributed by atoms with Crippen LogP contribution in [-0.4, -0.2) is 83.4 Å². The minimum atomic E-state index is -0.535. The smallest absolute Gasteiger partial charge is 0.410 e. The lowest BCUT2D eigenvalue weighted by atomic mass is 9.94. The second kappa shape index (κ2) is 11.5. The number of hydrogen-bond donors (Lipinski definition) is 0. The number of benzene rings is 1. The van der Waals surface area contributed by atoms with Gasteiger partial charge in [0.05, 0.1) is 0 Å². The highest BCUT2D eigenvalue weighted by atomic mass is 35.5. The monoisotopic (exact) mass is 491 g/mol. The zero-order valence-electron chi connectivity index (χ0n) is 20.8. The molecule has 3 rings (SSSR count). The van der Waals surface area contributed by atoms with Crippen molar-refractivity contribution in [2.45, 2.75) is 70.7 Å². The van der Waals surface area contributed by atoms with Gasteiger partial charge in [-0.3, -0.25) is 4.90 Å². The Morgan fingerprint density at radius 2 is 1.76 bits per heavy atom. The van der Waals surface area contributed by atoms with Gasteiger partial charge in [-0.15, -0.1) is 0 Å². The zero-order chi connectivity index (χ0) is 24.9. The largest absolute Gasteiger partial charge is 0.445 e. The lowest BCUT2D eigenvalue weighted by Crippen LogP contribution is -2.63. The van der Waals surface area contributed by atoms with Crippen molar-refractivity contribution in [3.8, 4) is 0 Å². The van der Waals surface area contributed by atoms with Crippen LogP contribution < -0.4 is 0 Å². The summed E-state index contributed by atoms with van der Waals surface area (Å²) < 4.78 is 10.9. The molecule has 2 aliphatic rings. The maximum atomic E-state index is 13.0. The van der Waals surface area contributed by atoms with Crippen molar-refractivity contribution in [3.05, 3.63) is 47.5 Å². The Hall–Kier alpha value is -2.25. The summed E-state index contributed by atoms with van der Waals surface area (Å²) in [7, 11) is 0. The minimum Gasteiger partial charge on any atom is -0.445 e. The van der Waals surface area contributed by atoms with Crippen LogP contribution in [0.25, 0.3) is 0 Å². The molecule has 1 aromatic rings. The molecule has 2 heterocycles. The van der Waals surface area contributed by atoms with Crippen molar-refractivity contribution >= 4 is 23.8 Å². The molecule has 34 heavy (non-hydrogen) atoms. The van der Waals surface area contributed by atoms with Gasteiger partial charge < -0.3 is 19.3 Å². The van der Waals surface area contributed by atoms with E-state index in [4.69, 9.17) is 21.1 Å². The summed E-state index contributed by atoms with van der Waals surface area (Å²) in [5.74, 6) is 0. The number of halogens is 1. The number of piperazine rings is 1. The molecule has 2 saturated heterocycles. The van der Waals surface area contributed by atoms with E-state index in [0.29, 0.717) is 30.7 Å². The quantitative estimate of drug-likeness (QED) is 0.543. The number of rotatable bonds is 5. The number of nitrogens with zero attached hydrogens (tertiary/aromatic N) is 3. The van der Waals surface area contributed by atoms with E-state index < -0.39 is 5.60 Å². The van der Waals surface area contributed by atoms with Crippen LogP contribution in [0.15, 0.2) is 36.9 Å². The molecule has 2 aliphatic heterocycles. The topological polar surface area (TPSA) is 62.3 Å². The molecule has 0 saturated carbocycles. The average molecular weight is 492 g/mol. The van der Waals surface area contributed by atoms with Crippen molar-refractivity contribution in [3.63, 3.8) is 0 Å². The second-order valence-electron chi connectivity index (χ2n) is 10.2. The number of piperidine rings is 1. The van der Waals surface area contributed by atoms with Crippen molar-refractivity contribution in [1.82, 2.24) is 14.7 Å². The maximum Gasteiger partial charge on any atom is 0.410 e. The third-order valence-corrected chi connectivity index (χ3v) is 6.66. The van der Waals surface area contributed by atoms with Crippen LogP contribution in [0.4, 0.5) is 9.59 Å². The summed E-state index contributed by atoms with van der Waals surface area (Å²) in [4.78, 5) is 31.4. The first-order valence-corrected chi connectivity index (χ1v) is 12.5. The summed E-state index contributed by atoms with van der Waals surface area (Å²) in [5, 5.41) is 0.712. The van der Waals surface area contributed by atoms with E-state index in [9.17, 15) is 9.59 Å². The van der Waals surface area contributed by atoms with Gasteiger partial charge in [-0.1, -0.05) is 36.4 Å². The second-order valence-corrected chi connectivity index (χ2v) is 10.7. The fraction of sp³-hybridized carbons (Fsp3) is 0.615. The van der Waals surface area contributed by atoms with Crippen LogP contribution in [0.2, 0.25) is 5.02 Å². The molecule has 2 unspecified atom stereocenters. The van der Waals surface area contributed by atoms with Gasteiger partial charge in [0.2, 0.25) is 0 Å². The molecule has 0 radical (unpaired) electrons. The molecule has 0 bridgehead atoms. The van der Waals surface area contributed by atoms with Gasteiger partial charge in [0.15, 0.2) is 0 Å². The number of likely N-dealkylation sites (tertiary alicyclic amines) is 1. The molecule has 1 aromatic carbocycles. The molecule has 188 valence electrons. The summed E-state index contributed by atoms with van der Waals surface area (Å²) in [6, 6.07) is 8.44. The van der Waals surface area contributed by atoms with Gasteiger partial charge in [-0.25, -0.2) is 9.59 Å². The Bertz CT molecular complexity index is 847. The van der Waals surface area contributed by atoms with Crippen molar-refractivity contribution in [2.75, 3.05) is 32.8 Å². The first kappa shape index (κ1) is 26.4. The molecular formula is C26H38ClN3O4. The van der Waals surface area contributed by atoms with E-state index in [2.05, 4.69) is 30.5 Å². The third kappa shape index (κ3) is 7.12. The van der Waals surface area contributed by atoms with E-state index in [0.717, 1.165) is 25.8 Å². The van der Waals surface area contributed by atoms with E-state index in [1.165, 1.54) is 5.56 Å². The van der Waals surface area contributed by atoms with Gasteiger partial charge in [0, 0.05) is 49.3 Å². The average Bonchev–Trinajstić information content (AvgIpc) is 2.78. The summed E-state index contributed by atoms with van der Waals surface area (Å²) in [6.45, 7) is 14.3. The first-order chi connectivity index (χ1) is 16.1. The predicted molar refractivity (Wildman–Crippen MR) is 134 cm³/mol. The fourth-order valence-corrected chi connectivity index (χ4v) is 4.89.